The van der Waals surface area contributed by atoms with Gasteiger partial charge >= 0.3 is 0 Å². The van der Waals surface area contributed by atoms with Crippen LogP contribution in [0.4, 0.5) is 11.4 Å². The lowest BCUT2D eigenvalue weighted by atomic mass is 10.2. The summed E-state index contributed by atoms with van der Waals surface area (Å²) in [6.45, 7) is 2.49. The zero-order chi connectivity index (χ0) is 13.1. The van der Waals surface area contributed by atoms with Crippen molar-refractivity contribution in [1.82, 2.24) is 0 Å². The first kappa shape index (κ1) is 13.0. The molecular formula is C12H11BrN2O2S. The highest BCUT2D eigenvalue weighted by molar-refractivity contribution is 9.11. The van der Waals surface area contributed by atoms with Crippen molar-refractivity contribution in [1.29, 1.82) is 0 Å². The minimum atomic E-state index is -0.370. The van der Waals surface area contributed by atoms with E-state index in [1.807, 2.05) is 18.4 Å². The van der Waals surface area contributed by atoms with Gasteiger partial charge in [-0.2, -0.15) is 0 Å². The van der Waals surface area contributed by atoms with Crippen LogP contribution in [0.5, 0.6) is 0 Å². The number of hydrogen-bond acceptors (Lipinski definition) is 4. The number of nitro benzene ring substituents is 1. The smallest absolute Gasteiger partial charge is 0.292 e. The Kier molecular flexibility index (Phi) is 3.98. The molecule has 0 fully saturated rings. The average molecular weight is 327 g/mol. The summed E-state index contributed by atoms with van der Waals surface area (Å²) in [6, 6.07) is 7.06. The summed E-state index contributed by atoms with van der Waals surface area (Å²) in [6.07, 6.45) is 0. The molecule has 4 nitrogen and oxygen atoms in total. The highest BCUT2D eigenvalue weighted by Crippen LogP contribution is 2.27. The molecule has 0 aliphatic carbocycles. The number of hydrogen-bond donors (Lipinski definition) is 1. The molecule has 0 aliphatic heterocycles. The number of aryl methyl sites for hydroxylation is 1. The number of halogens is 1. The summed E-state index contributed by atoms with van der Waals surface area (Å²) < 4.78 is 1.05. The van der Waals surface area contributed by atoms with E-state index >= 15 is 0 Å². The van der Waals surface area contributed by atoms with E-state index in [-0.39, 0.29) is 10.6 Å². The number of thiophene rings is 1. The Labute approximate surface area is 117 Å². The Hall–Kier alpha value is -1.40. The van der Waals surface area contributed by atoms with Gasteiger partial charge in [-0.15, -0.1) is 11.3 Å². The number of benzene rings is 1. The molecule has 0 saturated carbocycles. The predicted octanol–water partition coefficient (Wildman–Crippen LogP) is 4.34. The topological polar surface area (TPSA) is 55.2 Å². The normalized spacial score (nSPS) is 10.3. The van der Waals surface area contributed by atoms with Gasteiger partial charge in [-0.25, -0.2) is 0 Å². The van der Waals surface area contributed by atoms with Gasteiger partial charge in [0.2, 0.25) is 0 Å². The fraction of sp³-hybridized carbons (Fsp3) is 0.167. The first-order valence-corrected chi connectivity index (χ1v) is 6.95. The second kappa shape index (κ2) is 5.49. The molecule has 0 saturated heterocycles. The molecule has 0 aliphatic rings. The van der Waals surface area contributed by atoms with Gasteiger partial charge in [0.25, 0.3) is 5.69 Å². The summed E-state index contributed by atoms with van der Waals surface area (Å²) in [7, 11) is 0. The third-order valence-electron chi connectivity index (χ3n) is 2.45. The Balaban J connectivity index is 2.17. The molecule has 94 valence electrons. The third-order valence-corrected chi connectivity index (χ3v) is 4.01. The SMILES string of the molecule is Cc1ccc([N+](=O)[O-])c(NCc2csc(Br)c2)c1. The molecule has 1 heterocycles. The van der Waals surface area contributed by atoms with Crippen molar-refractivity contribution in [3.05, 3.63) is 54.7 Å². The number of nitrogens with one attached hydrogen (secondary N) is 1. The molecule has 0 bridgehead atoms. The lowest BCUT2D eigenvalue weighted by molar-refractivity contribution is -0.384. The third kappa shape index (κ3) is 3.08. The van der Waals surface area contributed by atoms with Gasteiger partial charge in [0.1, 0.15) is 5.69 Å². The van der Waals surface area contributed by atoms with Gasteiger partial charge in [0, 0.05) is 12.6 Å². The fourth-order valence-corrected chi connectivity index (χ4v) is 2.80. The van der Waals surface area contributed by atoms with E-state index in [2.05, 4.69) is 21.2 Å². The Bertz CT molecular complexity index is 583. The average Bonchev–Trinajstić information content (AvgIpc) is 2.72. The van der Waals surface area contributed by atoms with E-state index in [0.717, 1.165) is 14.9 Å². The second-order valence-corrected chi connectivity index (χ2v) is 6.18. The van der Waals surface area contributed by atoms with Crippen molar-refractivity contribution in [3.8, 4) is 0 Å². The van der Waals surface area contributed by atoms with Gasteiger partial charge in [-0.05, 0) is 51.5 Å². The van der Waals surface area contributed by atoms with Crippen molar-refractivity contribution in [2.45, 2.75) is 13.5 Å². The van der Waals surface area contributed by atoms with E-state index in [9.17, 15) is 10.1 Å². The molecule has 18 heavy (non-hydrogen) atoms. The minimum Gasteiger partial charge on any atom is -0.375 e. The fourth-order valence-electron chi connectivity index (χ4n) is 1.59. The van der Waals surface area contributed by atoms with E-state index in [4.69, 9.17) is 0 Å². The molecule has 0 radical (unpaired) electrons. The van der Waals surface area contributed by atoms with Crippen LogP contribution in [0.3, 0.4) is 0 Å². The summed E-state index contributed by atoms with van der Waals surface area (Å²) in [5.74, 6) is 0. The standard InChI is InChI=1S/C12H11BrN2O2S/c1-8-2-3-11(15(16)17)10(4-8)14-6-9-5-12(13)18-7-9/h2-5,7,14H,6H2,1H3. The molecule has 1 aromatic heterocycles. The number of rotatable bonds is 4. The molecule has 1 N–H and O–H groups in total. The predicted molar refractivity (Wildman–Crippen MR) is 77.2 cm³/mol. The van der Waals surface area contributed by atoms with Crippen LogP contribution >= 0.6 is 27.3 Å². The number of anilines is 1. The molecule has 0 atom stereocenters. The second-order valence-electron chi connectivity index (χ2n) is 3.89. The summed E-state index contributed by atoms with van der Waals surface area (Å²) in [5, 5.41) is 16.0. The van der Waals surface area contributed by atoms with E-state index < -0.39 is 0 Å². The monoisotopic (exact) mass is 326 g/mol. The van der Waals surface area contributed by atoms with Crippen molar-refractivity contribution in [3.63, 3.8) is 0 Å². The maximum atomic E-state index is 10.9. The Morgan fingerprint density at radius 2 is 2.22 bits per heavy atom. The molecule has 2 aromatic rings. The van der Waals surface area contributed by atoms with Crippen LogP contribution < -0.4 is 5.32 Å². The van der Waals surface area contributed by atoms with Crippen molar-refractivity contribution >= 4 is 38.6 Å². The molecule has 1 aromatic carbocycles. The highest BCUT2D eigenvalue weighted by atomic mass is 79.9. The van der Waals surface area contributed by atoms with Gasteiger partial charge in [0.05, 0.1) is 8.71 Å². The maximum Gasteiger partial charge on any atom is 0.292 e. The van der Waals surface area contributed by atoms with Crippen molar-refractivity contribution in [2.75, 3.05) is 5.32 Å². The molecule has 0 spiro atoms. The first-order chi connectivity index (χ1) is 8.56. The van der Waals surface area contributed by atoms with Crippen LogP contribution in [0.2, 0.25) is 0 Å². The van der Waals surface area contributed by atoms with Crippen LogP contribution in [-0.2, 0) is 6.54 Å². The molecule has 2 rings (SSSR count). The zero-order valence-electron chi connectivity index (χ0n) is 9.64. The van der Waals surface area contributed by atoms with E-state index in [1.54, 1.807) is 23.5 Å². The summed E-state index contributed by atoms with van der Waals surface area (Å²) in [5.41, 5.74) is 2.76. The molecule has 6 heteroatoms. The van der Waals surface area contributed by atoms with E-state index in [1.165, 1.54) is 6.07 Å². The molecular weight excluding hydrogens is 316 g/mol. The minimum absolute atomic E-state index is 0.106. The van der Waals surface area contributed by atoms with Gasteiger partial charge in [0.15, 0.2) is 0 Å². The summed E-state index contributed by atoms with van der Waals surface area (Å²) in [4.78, 5) is 10.5. The van der Waals surface area contributed by atoms with Crippen LogP contribution in [-0.4, -0.2) is 4.92 Å². The Morgan fingerprint density at radius 3 is 2.83 bits per heavy atom. The van der Waals surface area contributed by atoms with Crippen molar-refractivity contribution in [2.24, 2.45) is 0 Å². The lowest BCUT2D eigenvalue weighted by Gasteiger charge is -2.06. The largest absolute Gasteiger partial charge is 0.375 e. The molecule has 0 unspecified atom stereocenters. The zero-order valence-corrected chi connectivity index (χ0v) is 12.0. The van der Waals surface area contributed by atoms with Crippen LogP contribution in [0.25, 0.3) is 0 Å². The van der Waals surface area contributed by atoms with Gasteiger partial charge in [-0.3, -0.25) is 10.1 Å². The van der Waals surface area contributed by atoms with E-state index in [0.29, 0.717) is 12.2 Å². The van der Waals surface area contributed by atoms with Crippen LogP contribution in [0, 0.1) is 17.0 Å². The molecule has 0 amide bonds. The maximum absolute atomic E-state index is 10.9. The Morgan fingerprint density at radius 1 is 1.44 bits per heavy atom. The van der Waals surface area contributed by atoms with Crippen molar-refractivity contribution < 1.29 is 4.92 Å². The number of nitrogens with zero attached hydrogens (tertiary/aromatic N) is 1. The summed E-state index contributed by atoms with van der Waals surface area (Å²) >= 11 is 4.99. The first-order valence-electron chi connectivity index (χ1n) is 5.28. The highest BCUT2D eigenvalue weighted by Gasteiger charge is 2.13. The number of nitro groups is 1. The van der Waals surface area contributed by atoms with Gasteiger partial charge in [-0.1, -0.05) is 6.07 Å². The van der Waals surface area contributed by atoms with Crippen LogP contribution in [0.1, 0.15) is 11.1 Å². The van der Waals surface area contributed by atoms with Gasteiger partial charge < -0.3 is 5.32 Å². The lowest BCUT2D eigenvalue weighted by Crippen LogP contribution is -2.02. The van der Waals surface area contributed by atoms with Crippen LogP contribution in [0.15, 0.2) is 33.4 Å². The quantitative estimate of drug-likeness (QED) is 0.671.